The summed E-state index contributed by atoms with van der Waals surface area (Å²) in [6, 6.07) is 0. The second-order valence-electron chi connectivity index (χ2n) is 19.2. The van der Waals surface area contributed by atoms with Crippen LogP contribution in [-0.4, -0.2) is 147 Å². The molecule has 6 N–H and O–H groups in total. The topological polar surface area (TPSA) is 263 Å². The number of halogens is 2. The molecule has 4 rings (SSSR count). The zero-order chi connectivity index (χ0) is 54.1. The fourth-order valence-corrected chi connectivity index (χ4v) is 9.10. The van der Waals surface area contributed by atoms with Gasteiger partial charge in [0.05, 0.1) is 41.4 Å². The summed E-state index contributed by atoms with van der Waals surface area (Å²) >= 11 is 12.3. The summed E-state index contributed by atoms with van der Waals surface area (Å²) < 4.78 is 47.3. The molecule has 72 heavy (non-hydrogen) atoms. The number of hydrogen-bond acceptors (Lipinski definition) is 18. The molecule has 2 saturated heterocycles. The summed E-state index contributed by atoms with van der Waals surface area (Å²) in [6.07, 6.45) is -4.94. The number of aliphatic hydroxyl groups excluding tert-OH is 4. The van der Waals surface area contributed by atoms with Crippen LogP contribution >= 0.6 is 23.2 Å². The quantitative estimate of drug-likeness (QED) is 0.0705. The largest absolute Gasteiger partial charge is 0.505 e. The highest BCUT2D eigenvalue weighted by molar-refractivity contribution is 6.39. The van der Waals surface area contributed by atoms with Crippen molar-refractivity contribution in [1.82, 2.24) is 0 Å². The molecule has 3 aliphatic rings. The molecule has 0 aliphatic carbocycles. The summed E-state index contributed by atoms with van der Waals surface area (Å²) in [4.78, 5) is 52.9. The summed E-state index contributed by atoms with van der Waals surface area (Å²) in [5.74, 6) is -5.34. The van der Waals surface area contributed by atoms with Crippen LogP contribution in [-0.2, 0) is 58.7 Å². The number of ketones is 1. The van der Waals surface area contributed by atoms with E-state index in [0.717, 1.165) is 0 Å². The third-order valence-electron chi connectivity index (χ3n) is 12.9. The molecule has 3 aliphatic heterocycles. The predicted molar refractivity (Wildman–Crippen MR) is 264 cm³/mol. The van der Waals surface area contributed by atoms with Crippen LogP contribution in [0.4, 0.5) is 0 Å². The Morgan fingerprint density at radius 3 is 2.17 bits per heavy atom. The maximum absolute atomic E-state index is 13.9. The van der Waals surface area contributed by atoms with Gasteiger partial charge < -0.3 is 68.5 Å². The van der Waals surface area contributed by atoms with Gasteiger partial charge in [-0.3, -0.25) is 9.59 Å². The van der Waals surface area contributed by atoms with Crippen molar-refractivity contribution in [3.05, 3.63) is 79.9 Å². The number of hydrogen-bond donors (Lipinski definition) is 6. The van der Waals surface area contributed by atoms with E-state index >= 15 is 0 Å². The summed E-state index contributed by atoms with van der Waals surface area (Å²) in [5.41, 5.74) is 0.184. The maximum Gasteiger partial charge on any atom is 0.342 e. The molecule has 13 atom stereocenters. The molecular weight excluding hydrogens is 983 g/mol. The standard InChI is InChI=1S/C52H72Cl2O18/c1-13-30-22-26(6)33(56)18-16-15-17-31(23-66-51-45(65-12)42(61)44(29(9)67-51)69-49(64)35-32(14-2)36(53)39(58)37(54)38(35)57)48(63)68-34(28(8)55)20-19-25(5)21-27(7)43(30)70-50-41(60)40(59)46(52(10,11)72-50)71-47(62)24(3)4/h15-17,19,21-22,24,29-30,33-34,40-46,50-51,56-61H,13-14,18,20,23H2,1-12H3. The highest BCUT2D eigenvalue weighted by Gasteiger charge is 2.53. The van der Waals surface area contributed by atoms with Crippen molar-refractivity contribution in [3.8, 4) is 11.5 Å². The van der Waals surface area contributed by atoms with Crippen LogP contribution in [0.5, 0.6) is 11.5 Å². The molecule has 0 saturated carbocycles. The van der Waals surface area contributed by atoms with E-state index in [1.807, 2.05) is 26.0 Å². The first-order chi connectivity index (χ1) is 33.7. The lowest BCUT2D eigenvalue weighted by Crippen LogP contribution is -2.64. The number of rotatable bonds is 13. The van der Waals surface area contributed by atoms with Gasteiger partial charge in [-0.15, -0.1) is 0 Å². The van der Waals surface area contributed by atoms with Crippen molar-refractivity contribution in [2.75, 3.05) is 13.7 Å². The van der Waals surface area contributed by atoms with Crippen LogP contribution in [0.2, 0.25) is 10.0 Å². The molecule has 0 aromatic heterocycles. The minimum atomic E-state index is -1.62. The smallest absolute Gasteiger partial charge is 0.342 e. The van der Waals surface area contributed by atoms with Crippen LogP contribution in [0, 0.1) is 11.8 Å². The van der Waals surface area contributed by atoms with E-state index in [1.54, 1.807) is 60.6 Å². The number of aliphatic hydroxyl groups is 4. The Bertz CT molecular complexity index is 2270. The summed E-state index contributed by atoms with van der Waals surface area (Å²) in [6.45, 7) is 17.7. The number of phenolic OH excluding ortho intramolecular Hbond substituents is 2. The van der Waals surface area contributed by atoms with Gasteiger partial charge in [-0.1, -0.05) is 86.9 Å². The first-order valence-electron chi connectivity index (χ1n) is 24.0. The molecule has 18 nitrogen and oxygen atoms in total. The second kappa shape index (κ2) is 26.3. The maximum atomic E-state index is 13.9. The lowest BCUT2D eigenvalue weighted by Gasteiger charge is -2.47. The van der Waals surface area contributed by atoms with E-state index in [4.69, 9.17) is 61.1 Å². The number of phenols is 2. The molecule has 0 amide bonds. The van der Waals surface area contributed by atoms with Gasteiger partial charge in [-0.2, -0.15) is 0 Å². The first kappa shape index (κ1) is 60.4. The minimum absolute atomic E-state index is 0.0305. The van der Waals surface area contributed by atoms with Gasteiger partial charge in [0.15, 0.2) is 48.2 Å². The van der Waals surface area contributed by atoms with Crippen molar-refractivity contribution in [1.29, 1.82) is 0 Å². The highest BCUT2D eigenvalue weighted by Crippen LogP contribution is 2.45. The van der Waals surface area contributed by atoms with Gasteiger partial charge >= 0.3 is 17.9 Å². The number of aromatic hydroxyl groups is 2. The molecule has 0 bridgehead atoms. The zero-order valence-electron chi connectivity index (χ0n) is 42.9. The average Bonchev–Trinajstić information content (AvgIpc) is 3.32. The zero-order valence-corrected chi connectivity index (χ0v) is 44.4. The van der Waals surface area contributed by atoms with E-state index in [-0.39, 0.29) is 35.4 Å². The molecule has 0 spiro atoms. The number of methoxy groups -OCH3 is 1. The lowest BCUT2D eigenvalue weighted by atomic mass is 9.88. The van der Waals surface area contributed by atoms with Crippen molar-refractivity contribution in [2.24, 2.45) is 11.8 Å². The third kappa shape index (κ3) is 14.6. The van der Waals surface area contributed by atoms with Gasteiger partial charge in [0.1, 0.15) is 40.6 Å². The van der Waals surface area contributed by atoms with Crippen LogP contribution in [0.3, 0.4) is 0 Å². The van der Waals surface area contributed by atoms with Crippen molar-refractivity contribution in [2.45, 2.75) is 181 Å². The molecule has 402 valence electrons. The fourth-order valence-electron chi connectivity index (χ4n) is 8.54. The van der Waals surface area contributed by atoms with Crippen molar-refractivity contribution in [3.63, 3.8) is 0 Å². The summed E-state index contributed by atoms with van der Waals surface area (Å²) in [5, 5.41) is 65.6. The second-order valence-corrected chi connectivity index (χ2v) is 19.9. The Morgan fingerprint density at radius 2 is 1.57 bits per heavy atom. The Balaban J connectivity index is 1.61. The lowest BCUT2D eigenvalue weighted by molar-refractivity contribution is -0.333. The Kier molecular flexibility index (Phi) is 22.1. The molecule has 2 fully saturated rings. The monoisotopic (exact) mass is 1050 g/mol. The Hall–Kier alpha value is -4.18. The first-order valence-corrected chi connectivity index (χ1v) is 24.7. The predicted octanol–water partition coefficient (Wildman–Crippen LogP) is 6.44. The van der Waals surface area contributed by atoms with Crippen LogP contribution in [0.15, 0.2) is 58.7 Å². The van der Waals surface area contributed by atoms with Gasteiger partial charge in [0.2, 0.25) is 0 Å². The summed E-state index contributed by atoms with van der Waals surface area (Å²) in [7, 11) is 1.25. The number of Topliss-reactive ketones (excluding diaryl/α,β-unsaturated/α-hetero) is 1. The van der Waals surface area contributed by atoms with Crippen molar-refractivity contribution >= 4 is 46.9 Å². The van der Waals surface area contributed by atoms with E-state index in [2.05, 4.69) is 0 Å². The highest BCUT2D eigenvalue weighted by atomic mass is 35.5. The number of carbonyl (C=O) groups is 4. The number of cyclic esters (lactones) is 1. The van der Waals surface area contributed by atoms with Crippen LogP contribution < -0.4 is 0 Å². The van der Waals surface area contributed by atoms with E-state index in [9.17, 15) is 49.8 Å². The normalized spacial score (nSPS) is 31.0. The minimum Gasteiger partial charge on any atom is -0.505 e. The molecule has 13 unspecified atom stereocenters. The number of ether oxygens (including phenoxy) is 8. The molecule has 1 aromatic rings. The van der Waals surface area contributed by atoms with Gasteiger partial charge in [-0.05, 0) is 90.5 Å². The SMILES string of the molecule is CCc1c(Cl)c(O)c(Cl)c(O)c1C(=O)OC1C(C)OC(OCC2=CC=CCC(O)C(C)=CC(CC)C(OC3OC(C)(C)C(OC(=O)C(C)C)C(O)C3O)C(C)=CC(C)=CCC(C(C)=O)OC2=O)C(OC)C1O. The van der Waals surface area contributed by atoms with Crippen LogP contribution in [0.25, 0.3) is 0 Å². The van der Waals surface area contributed by atoms with E-state index in [1.165, 1.54) is 33.1 Å². The molecule has 3 heterocycles. The fraction of sp³-hybridized carbons (Fsp3) is 0.615. The number of carbonyl (C=O) groups excluding carboxylic acids is 4. The van der Waals surface area contributed by atoms with Crippen molar-refractivity contribution < 1.29 is 87.7 Å². The molecule has 20 heteroatoms. The van der Waals surface area contributed by atoms with Gasteiger partial charge in [-0.25, -0.2) is 9.59 Å². The third-order valence-corrected chi connectivity index (χ3v) is 13.6. The Labute approximate surface area is 431 Å². The van der Waals surface area contributed by atoms with Gasteiger partial charge in [0, 0.05) is 19.4 Å². The Morgan fingerprint density at radius 1 is 0.903 bits per heavy atom. The van der Waals surface area contributed by atoms with Crippen LogP contribution in [0.1, 0.15) is 111 Å². The number of benzene rings is 1. The van der Waals surface area contributed by atoms with E-state index in [0.29, 0.717) is 23.1 Å². The molecular formula is C52H72Cl2O18. The molecule has 1 aromatic carbocycles. The number of allylic oxidation sites excluding steroid dienone is 4. The number of esters is 3. The molecule has 0 radical (unpaired) electrons. The average molecular weight is 1060 g/mol. The van der Waals surface area contributed by atoms with Gasteiger partial charge in [0.25, 0.3) is 0 Å². The van der Waals surface area contributed by atoms with E-state index < -0.39 is 143 Å².